The second-order valence-corrected chi connectivity index (χ2v) is 6.38. The molecule has 94 valence electrons. The van der Waals surface area contributed by atoms with Gasteiger partial charge in [0.2, 0.25) is 5.91 Å². The van der Waals surface area contributed by atoms with Crippen LogP contribution in [0, 0.1) is 17.3 Å². The Morgan fingerprint density at radius 3 is 2.50 bits per heavy atom. The van der Waals surface area contributed by atoms with E-state index in [0.29, 0.717) is 12.5 Å². The first kappa shape index (κ1) is 13.5. The highest BCUT2D eigenvalue weighted by molar-refractivity contribution is 5.79. The van der Waals surface area contributed by atoms with Crippen molar-refractivity contribution in [2.75, 3.05) is 19.6 Å². The fraction of sp³-hybridized carbons (Fsp3) is 0.923. The minimum absolute atomic E-state index is 0.00491. The third-order valence-corrected chi connectivity index (χ3v) is 3.23. The van der Waals surface area contributed by atoms with Crippen LogP contribution in [0.4, 0.5) is 0 Å². The number of hydrogen-bond donors (Lipinski definition) is 1. The Morgan fingerprint density at radius 2 is 2.12 bits per heavy atom. The van der Waals surface area contributed by atoms with E-state index in [4.69, 9.17) is 5.73 Å². The van der Waals surface area contributed by atoms with Gasteiger partial charge in [0.1, 0.15) is 0 Å². The number of likely N-dealkylation sites (tertiary alicyclic amines) is 1. The summed E-state index contributed by atoms with van der Waals surface area (Å²) >= 11 is 0. The highest BCUT2D eigenvalue weighted by Crippen LogP contribution is 2.26. The molecule has 3 nitrogen and oxygen atoms in total. The summed E-state index contributed by atoms with van der Waals surface area (Å²) in [6.07, 6.45) is 2.02. The number of nitrogens with zero attached hydrogens (tertiary/aromatic N) is 1. The summed E-state index contributed by atoms with van der Waals surface area (Å²) in [5.74, 6) is 0.920. The predicted octanol–water partition coefficient (Wildman–Crippen LogP) is 1.87. The van der Waals surface area contributed by atoms with Crippen LogP contribution in [0.15, 0.2) is 0 Å². The van der Waals surface area contributed by atoms with Crippen molar-refractivity contribution >= 4 is 5.91 Å². The molecule has 0 aromatic carbocycles. The fourth-order valence-corrected chi connectivity index (χ4v) is 2.40. The van der Waals surface area contributed by atoms with Crippen molar-refractivity contribution < 1.29 is 4.79 Å². The summed E-state index contributed by atoms with van der Waals surface area (Å²) in [6, 6.07) is 0. The first-order valence-corrected chi connectivity index (χ1v) is 6.32. The molecular weight excluding hydrogens is 200 g/mol. The molecule has 0 bridgehead atoms. The Bertz CT molecular complexity index is 245. The van der Waals surface area contributed by atoms with E-state index in [2.05, 4.69) is 27.7 Å². The molecule has 2 N–H and O–H groups in total. The molecule has 2 atom stereocenters. The molecule has 2 unspecified atom stereocenters. The summed E-state index contributed by atoms with van der Waals surface area (Å²) in [5, 5.41) is 0. The van der Waals surface area contributed by atoms with E-state index in [9.17, 15) is 4.79 Å². The van der Waals surface area contributed by atoms with Crippen molar-refractivity contribution in [3.05, 3.63) is 0 Å². The van der Waals surface area contributed by atoms with E-state index in [0.717, 1.165) is 25.9 Å². The Balaban J connectivity index is 2.56. The minimum Gasteiger partial charge on any atom is -0.342 e. The molecule has 1 aliphatic heterocycles. The van der Waals surface area contributed by atoms with Crippen molar-refractivity contribution in [1.29, 1.82) is 0 Å². The molecule has 16 heavy (non-hydrogen) atoms. The van der Waals surface area contributed by atoms with Gasteiger partial charge >= 0.3 is 0 Å². The monoisotopic (exact) mass is 226 g/mol. The van der Waals surface area contributed by atoms with Gasteiger partial charge in [-0.2, -0.15) is 0 Å². The maximum Gasteiger partial charge on any atom is 0.226 e. The van der Waals surface area contributed by atoms with Crippen molar-refractivity contribution in [3.8, 4) is 0 Å². The van der Waals surface area contributed by atoms with Crippen LogP contribution >= 0.6 is 0 Å². The Kier molecular flexibility index (Phi) is 4.36. The zero-order chi connectivity index (χ0) is 12.3. The number of hydrogen-bond acceptors (Lipinski definition) is 2. The molecule has 3 heteroatoms. The van der Waals surface area contributed by atoms with E-state index in [-0.39, 0.29) is 17.2 Å². The smallest absolute Gasteiger partial charge is 0.226 e. The maximum atomic E-state index is 12.2. The molecule has 1 heterocycles. The lowest BCUT2D eigenvalue weighted by Gasteiger charge is -2.28. The van der Waals surface area contributed by atoms with E-state index in [1.165, 1.54) is 0 Å². The molecule has 0 radical (unpaired) electrons. The van der Waals surface area contributed by atoms with Gasteiger partial charge in [0.05, 0.1) is 5.92 Å². The molecular formula is C13H26N2O. The third-order valence-electron chi connectivity index (χ3n) is 3.23. The van der Waals surface area contributed by atoms with Crippen LogP contribution < -0.4 is 5.73 Å². The van der Waals surface area contributed by atoms with Crippen LogP contribution in [0.3, 0.4) is 0 Å². The third kappa shape index (κ3) is 3.78. The summed E-state index contributed by atoms with van der Waals surface area (Å²) in [6.45, 7) is 11.0. The van der Waals surface area contributed by atoms with E-state index in [1.807, 2.05) is 4.90 Å². The number of carbonyl (C=O) groups is 1. The molecule has 1 amide bonds. The SMILES string of the molecule is CC1CCN(C(=O)C(CN)CC(C)(C)C)C1. The Morgan fingerprint density at radius 1 is 1.50 bits per heavy atom. The van der Waals surface area contributed by atoms with Crippen LogP contribution in [0.25, 0.3) is 0 Å². The first-order chi connectivity index (χ1) is 7.33. The second kappa shape index (κ2) is 5.17. The van der Waals surface area contributed by atoms with Crippen molar-refractivity contribution in [2.24, 2.45) is 23.0 Å². The van der Waals surface area contributed by atoms with Crippen LogP contribution in [0.1, 0.15) is 40.5 Å². The summed E-state index contributed by atoms with van der Waals surface area (Å²) in [4.78, 5) is 14.2. The van der Waals surface area contributed by atoms with Crippen molar-refractivity contribution in [2.45, 2.75) is 40.5 Å². The standard InChI is InChI=1S/C13H26N2O/c1-10-5-6-15(9-10)12(16)11(8-14)7-13(2,3)4/h10-11H,5-9,14H2,1-4H3. The van der Waals surface area contributed by atoms with Gasteiger partial charge in [-0.15, -0.1) is 0 Å². The molecule has 1 saturated heterocycles. The average Bonchev–Trinajstić information content (AvgIpc) is 2.58. The molecule has 0 saturated carbocycles. The van der Waals surface area contributed by atoms with Gasteiger partial charge in [0.15, 0.2) is 0 Å². The molecule has 0 aromatic heterocycles. The van der Waals surface area contributed by atoms with Gasteiger partial charge in [-0.05, 0) is 24.2 Å². The lowest BCUT2D eigenvalue weighted by atomic mass is 9.84. The zero-order valence-corrected chi connectivity index (χ0v) is 11.1. The largest absolute Gasteiger partial charge is 0.342 e. The number of amides is 1. The van der Waals surface area contributed by atoms with Gasteiger partial charge in [-0.25, -0.2) is 0 Å². The van der Waals surface area contributed by atoms with E-state index >= 15 is 0 Å². The van der Waals surface area contributed by atoms with Crippen LogP contribution in [-0.2, 0) is 4.79 Å². The summed E-state index contributed by atoms with van der Waals surface area (Å²) < 4.78 is 0. The molecule has 0 spiro atoms. The minimum atomic E-state index is 0.00491. The second-order valence-electron chi connectivity index (χ2n) is 6.38. The zero-order valence-electron chi connectivity index (χ0n) is 11.1. The molecule has 1 aliphatic rings. The number of nitrogens with two attached hydrogens (primary N) is 1. The first-order valence-electron chi connectivity index (χ1n) is 6.32. The predicted molar refractivity (Wildman–Crippen MR) is 67.0 cm³/mol. The number of rotatable bonds is 3. The van der Waals surface area contributed by atoms with Gasteiger partial charge in [-0.3, -0.25) is 4.79 Å². The van der Waals surface area contributed by atoms with Gasteiger partial charge in [0, 0.05) is 19.6 Å². The topological polar surface area (TPSA) is 46.3 Å². The van der Waals surface area contributed by atoms with Crippen LogP contribution in [0.2, 0.25) is 0 Å². The molecule has 0 aromatic rings. The summed E-state index contributed by atoms with van der Waals surface area (Å²) in [5.41, 5.74) is 5.91. The van der Waals surface area contributed by atoms with Crippen molar-refractivity contribution in [1.82, 2.24) is 4.90 Å². The highest BCUT2D eigenvalue weighted by Gasteiger charge is 2.30. The maximum absolute atomic E-state index is 12.2. The van der Waals surface area contributed by atoms with Gasteiger partial charge < -0.3 is 10.6 Å². The van der Waals surface area contributed by atoms with Crippen LogP contribution in [0.5, 0.6) is 0 Å². The normalized spacial score (nSPS) is 23.6. The Labute approximate surface area is 99.4 Å². The molecule has 1 fully saturated rings. The van der Waals surface area contributed by atoms with Gasteiger partial charge in [-0.1, -0.05) is 27.7 Å². The molecule has 1 rings (SSSR count). The fourth-order valence-electron chi connectivity index (χ4n) is 2.40. The van der Waals surface area contributed by atoms with Crippen molar-refractivity contribution in [3.63, 3.8) is 0 Å². The molecule has 0 aliphatic carbocycles. The summed E-state index contributed by atoms with van der Waals surface area (Å²) in [7, 11) is 0. The van der Waals surface area contributed by atoms with E-state index < -0.39 is 0 Å². The average molecular weight is 226 g/mol. The highest BCUT2D eigenvalue weighted by atomic mass is 16.2. The number of carbonyl (C=O) groups excluding carboxylic acids is 1. The van der Waals surface area contributed by atoms with Crippen LogP contribution in [-0.4, -0.2) is 30.4 Å². The Hall–Kier alpha value is -0.570. The van der Waals surface area contributed by atoms with Gasteiger partial charge in [0.25, 0.3) is 0 Å². The lowest BCUT2D eigenvalue weighted by Crippen LogP contribution is -2.39. The quantitative estimate of drug-likeness (QED) is 0.798. The lowest BCUT2D eigenvalue weighted by molar-refractivity contribution is -0.135. The van der Waals surface area contributed by atoms with E-state index in [1.54, 1.807) is 0 Å².